The van der Waals surface area contributed by atoms with Crippen molar-refractivity contribution in [3.05, 3.63) is 58.2 Å². The van der Waals surface area contributed by atoms with Gasteiger partial charge in [0.2, 0.25) is 11.4 Å². The molecule has 16 heteroatoms. The molecule has 2 amide bonds. The molecule has 2 saturated heterocycles. The Morgan fingerprint density at radius 2 is 2.04 bits per heavy atom. The maximum atomic E-state index is 15.4. The Bertz CT molecular complexity index is 2190. The van der Waals surface area contributed by atoms with Crippen molar-refractivity contribution in [2.75, 3.05) is 26.5 Å². The van der Waals surface area contributed by atoms with Gasteiger partial charge in [-0.1, -0.05) is 19.9 Å². The zero-order valence-corrected chi connectivity index (χ0v) is 36.1. The first kappa shape index (κ1) is 39.5. The van der Waals surface area contributed by atoms with Crippen molar-refractivity contribution >= 4 is 72.3 Å². The van der Waals surface area contributed by atoms with E-state index in [4.69, 9.17) is 19.4 Å². The number of thioether (sulfide) groups is 1. The van der Waals surface area contributed by atoms with Gasteiger partial charge >= 0.3 is 5.97 Å². The molecular weight excluding hydrogens is 788 g/mol. The number of carbonyl (C=O) groups excluding carboxylic acids is 3. The van der Waals surface area contributed by atoms with E-state index in [1.807, 2.05) is 35.2 Å². The Kier molecular flexibility index (Phi) is 10.7. The van der Waals surface area contributed by atoms with Crippen molar-refractivity contribution in [1.29, 1.82) is 0 Å². The number of carbonyl (C=O) groups is 3. The van der Waals surface area contributed by atoms with Crippen molar-refractivity contribution in [2.24, 2.45) is 11.3 Å². The number of hydrazine groups is 1. The monoisotopic (exact) mass is 835 g/mol. The quantitative estimate of drug-likeness (QED) is 0.0649. The van der Waals surface area contributed by atoms with Crippen LogP contribution >= 0.6 is 35.0 Å². The molecule has 4 aromatic rings. The molecule has 3 aliphatic heterocycles. The summed E-state index contributed by atoms with van der Waals surface area (Å²) in [7, 11) is -0.656. The second-order valence-electron chi connectivity index (χ2n) is 16.0. The van der Waals surface area contributed by atoms with Crippen LogP contribution in [0.25, 0.3) is 33.4 Å². The lowest BCUT2D eigenvalue weighted by molar-refractivity contribution is -0.152. The Morgan fingerprint density at radius 3 is 2.75 bits per heavy atom. The van der Waals surface area contributed by atoms with E-state index in [2.05, 4.69) is 54.6 Å². The molecule has 0 spiro atoms. The molecule has 297 valence electrons. The van der Waals surface area contributed by atoms with Crippen molar-refractivity contribution < 1.29 is 28.2 Å². The van der Waals surface area contributed by atoms with Crippen LogP contribution in [0.4, 0.5) is 9.18 Å². The van der Waals surface area contributed by atoms with E-state index >= 15 is 4.39 Å². The number of aryl methyl sites for hydroxylation is 1. The van der Waals surface area contributed by atoms with Crippen LogP contribution in [-0.2, 0) is 43.0 Å². The number of nitrogens with one attached hydrogen (secondary N) is 1. The molecule has 11 nitrogen and oxygen atoms in total. The van der Waals surface area contributed by atoms with Gasteiger partial charge in [-0.2, -0.15) is 0 Å². The number of rotatable bonds is 7. The molecule has 1 aromatic carbocycles. The van der Waals surface area contributed by atoms with Crippen LogP contribution in [-0.4, -0.2) is 87.9 Å². The van der Waals surface area contributed by atoms with Crippen LogP contribution < -0.4 is 4.98 Å². The molecule has 3 fully saturated rings. The van der Waals surface area contributed by atoms with Crippen LogP contribution in [0.2, 0.25) is 0 Å². The molecule has 6 bridgehead atoms. The summed E-state index contributed by atoms with van der Waals surface area (Å²) in [5.74, 6) is -1.39. The molecule has 4 aliphatic rings. The Morgan fingerprint density at radius 1 is 1.23 bits per heavy atom. The average molecular weight is 836 g/mol. The highest BCUT2D eigenvalue weighted by Gasteiger charge is 2.54. The number of benzene rings is 1. The zero-order chi connectivity index (χ0) is 39.6. The lowest BCUT2D eigenvalue weighted by atomic mass is 9.82. The minimum atomic E-state index is -2.37. The van der Waals surface area contributed by atoms with Gasteiger partial charge in [0.05, 0.1) is 34.6 Å². The molecule has 6 heterocycles. The highest BCUT2D eigenvalue weighted by atomic mass is 32.2. The number of pyridine rings is 1. The number of hydrogen-bond acceptors (Lipinski definition) is 11. The second kappa shape index (κ2) is 15.1. The summed E-state index contributed by atoms with van der Waals surface area (Å²) in [5, 5.41) is 5.20. The number of hydrogen-bond donors (Lipinski definition) is 1. The van der Waals surface area contributed by atoms with Crippen LogP contribution in [0, 0.1) is 11.3 Å². The SMILES string of the molecule is CCn1c(-c2cccnc2[C@](C)(OC)SC)c2c3cc(ccc31)-c1csc(n1)C[Si](NC(=O)C1(F)CCC1)C(=O)N1CCC[C@@H](C(=O)OCC(C)(C)C2)C2SN21. The predicted molar refractivity (Wildman–Crippen MR) is 222 cm³/mol. The standard InChI is InChI=1S/C40H48FN6O5S3Si/c1-7-45-30-14-13-24-19-27(30)28(32(45)25-11-8-17-42-33(25)39(4,51-5)53-6)20-38(2,3)23-52-35(48)26-12-9-18-46(47-34(26)55-47)37(50)56(22-31-43-29(24)21-54-31)44-36(49)40(41)15-10-16-40/h8,11,13-14,17,19,21,26,34H,7,9-10,12,15-16,18,20,22-23H2,1-6H3,(H,44,49)/t26-,34?,39-,47?/m1/s1. The summed E-state index contributed by atoms with van der Waals surface area (Å²) in [6.07, 6.45) is 6.59. The summed E-state index contributed by atoms with van der Waals surface area (Å²) in [5.41, 5.74) is 4.12. The van der Waals surface area contributed by atoms with Crippen molar-refractivity contribution in [3.8, 4) is 22.5 Å². The van der Waals surface area contributed by atoms with Gasteiger partial charge in [0.1, 0.15) is 5.37 Å². The van der Waals surface area contributed by atoms with E-state index in [1.54, 1.807) is 23.9 Å². The van der Waals surface area contributed by atoms with E-state index in [-0.39, 0.29) is 42.4 Å². The number of fused-ring (bicyclic) bond motifs is 4. The topological polar surface area (TPSA) is 119 Å². The fourth-order valence-electron chi connectivity index (χ4n) is 8.14. The number of methoxy groups -OCH3 is 1. The van der Waals surface area contributed by atoms with Gasteiger partial charge in [0, 0.05) is 65.3 Å². The van der Waals surface area contributed by atoms with Crippen LogP contribution in [0.3, 0.4) is 0 Å². The maximum Gasteiger partial charge on any atom is 0.311 e. The van der Waals surface area contributed by atoms with E-state index in [1.165, 1.54) is 23.3 Å². The second-order valence-corrected chi connectivity index (χ2v) is 21.2. The number of ether oxygens (including phenoxy) is 2. The van der Waals surface area contributed by atoms with Gasteiger partial charge in [-0.25, -0.2) is 9.37 Å². The fraction of sp³-hybridized carbons (Fsp3) is 0.525. The number of aromatic nitrogens is 3. The number of thiazole rings is 1. The third-order valence-electron chi connectivity index (χ3n) is 11.7. The smallest absolute Gasteiger partial charge is 0.311 e. The highest BCUT2D eigenvalue weighted by Crippen LogP contribution is 2.50. The fourth-order valence-corrected chi connectivity index (χ4v) is 12.9. The number of cyclic esters (lactones) is 1. The molecule has 8 rings (SSSR count). The largest absolute Gasteiger partial charge is 0.465 e. The molecule has 1 radical (unpaired) electrons. The molecule has 56 heavy (non-hydrogen) atoms. The molecule has 4 atom stereocenters. The van der Waals surface area contributed by atoms with Crippen molar-refractivity contribution in [3.63, 3.8) is 0 Å². The van der Waals surface area contributed by atoms with E-state index in [0.717, 1.165) is 44.7 Å². The number of amides is 2. The van der Waals surface area contributed by atoms with Gasteiger partial charge in [0.15, 0.2) is 10.6 Å². The van der Waals surface area contributed by atoms with E-state index in [0.29, 0.717) is 43.8 Å². The molecule has 3 aromatic heterocycles. The highest BCUT2D eigenvalue weighted by molar-refractivity contribution is 8.03. The van der Waals surface area contributed by atoms with Crippen LogP contribution in [0.1, 0.15) is 76.1 Å². The van der Waals surface area contributed by atoms with Gasteiger partial charge in [0.25, 0.3) is 8.96 Å². The van der Waals surface area contributed by atoms with E-state index < -0.39 is 36.8 Å². The summed E-state index contributed by atoms with van der Waals surface area (Å²) in [6.45, 7) is 9.78. The van der Waals surface area contributed by atoms with Gasteiger partial charge in [-0.15, -0.1) is 27.5 Å². The maximum absolute atomic E-state index is 15.4. The minimum absolute atomic E-state index is 0.162. The third kappa shape index (κ3) is 7.12. The molecule has 1 N–H and O–H groups in total. The molecule has 1 aliphatic carbocycles. The van der Waals surface area contributed by atoms with Gasteiger partial charge in [-0.3, -0.25) is 24.4 Å². The van der Waals surface area contributed by atoms with E-state index in [9.17, 15) is 14.4 Å². The Balaban J connectivity index is 1.26. The lowest BCUT2D eigenvalue weighted by Gasteiger charge is -2.34. The summed E-state index contributed by atoms with van der Waals surface area (Å²) in [6, 6.07) is 10.7. The Hall–Kier alpha value is -3.28. The van der Waals surface area contributed by atoms with Crippen LogP contribution in [0.5, 0.6) is 0 Å². The summed E-state index contributed by atoms with van der Waals surface area (Å²) < 4.78 is 31.9. The number of alkyl halides is 1. The van der Waals surface area contributed by atoms with Gasteiger partial charge in [-0.05, 0) is 100 Å². The van der Waals surface area contributed by atoms with Crippen molar-refractivity contribution in [2.45, 2.75) is 94.8 Å². The number of nitrogens with zero attached hydrogens (tertiary/aromatic N) is 5. The Labute approximate surface area is 341 Å². The third-order valence-corrected chi connectivity index (χ3v) is 17.1. The molecular formula is C40H48FN6O5S3Si. The zero-order valence-electron chi connectivity index (χ0n) is 32.6. The molecule has 2 unspecified atom stereocenters. The average Bonchev–Trinajstić information content (AvgIpc) is 3.76. The number of halogens is 1. The first-order chi connectivity index (χ1) is 26.8. The molecule has 1 saturated carbocycles. The first-order valence-electron chi connectivity index (χ1n) is 19.3. The first-order valence-corrected chi connectivity index (χ1v) is 23.9. The normalized spacial score (nSPS) is 24.6. The lowest BCUT2D eigenvalue weighted by Crippen LogP contribution is -2.59. The predicted octanol–water partition coefficient (Wildman–Crippen LogP) is 7.85. The summed E-state index contributed by atoms with van der Waals surface area (Å²) >= 11 is 4.48. The van der Waals surface area contributed by atoms with Crippen molar-refractivity contribution in [1.82, 2.24) is 28.9 Å². The van der Waals surface area contributed by atoms with Crippen LogP contribution in [0.15, 0.2) is 41.9 Å². The number of esters is 1. The summed E-state index contributed by atoms with van der Waals surface area (Å²) in [4.78, 5) is 53.7. The minimum Gasteiger partial charge on any atom is -0.465 e. The van der Waals surface area contributed by atoms with Gasteiger partial charge < -0.3 is 19.0 Å².